The summed E-state index contributed by atoms with van der Waals surface area (Å²) in [6.07, 6.45) is 4.44. The monoisotopic (exact) mass is 648 g/mol. The summed E-state index contributed by atoms with van der Waals surface area (Å²) < 4.78 is 48.4. The highest BCUT2D eigenvalue weighted by Crippen LogP contribution is 2.33. The van der Waals surface area contributed by atoms with Gasteiger partial charge < -0.3 is 14.6 Å². The summed E-state index contributed by atoms with van der Waals surface area (Å²) in [5.74, 6) is 1.35. The largest absolute Gasteiger partial charge is 0.393 e. The van der Waals surface area contributed by atoms with Gasteiger partial charge in [-0.15, -0.1) is 11.3 Å². The van der Waals surface area contributed by atoms with Gasteiger partial charge in [0, 0.05) is 59.8 Å². The molecule has 0 bridgehead atoms. The van der Waals surface area contributed by atoms with Crippen molar-refractivity contribution in [2.24, 2.45) is 5.92 Å². The van der Waals surface area contributed by atoms with Crippen molar-refractivity contribution in [1.82, 2.24) is 29.2 Å². The first-order valence-electron chi connectivity index (χ1n) is 15.7. The van der Waals surface area contributed by atoms with Gasteiger partial charge in [0.2, 0.25) is 0 Å². The number of ether oxygens (including phenoxy) is 1. The van der Waals surface area contributed by atoms with Gasteiger partial charge in [-0.2, -0.15) is 23.5 Å². The molecule has 9 nitrogen and oxygen atoms in total. The summed E-state index contributed by atoms with van der Waals surface area (Å²) in [5.41, 5.74) is 3.87. The summed E-state index contributed by atoms with van der Waals surface area (Å²) in [4.78, 5) is 11.7. The number of alkyl halides is 3. The molecule has 5 aromatic rings. The summed E-state index contributed by atoms with van der Waals surface area (Å²) in [7, 11) is 0. The van der Waals surface area contributed by atoms with Crippen LogP contribution >= 0.6 is 11.3 Å². The van der Waals surface area contributed by atoms with Crippen LogP contribution in [0.1, 0.15) is 47.4 Å². The average molecular weight is 649 g/mol. The Morgan fingerprint density at radius 2 is 1.89 bits per heavy atom. The number of thiophene rings is 1. The van der Waals surface area contributed by atoms with Crippen molar-refractivity contribution in [1.29, 1.82) is 5.26 Å². The lowest BCUT2D eigenvalue weighted by molar-refractivity contribution is -0.126. The number of anilines is 1. The molecule has 2 fully saturated rings. The molecule has 0 radical (unpaired) electrons. The fourth-order valence-electron chi connectivity index (χ4n) is 6.16. The average Bonchev–Trinajstić information content (AvgIpc) is 3.42. The Kier molecular flexibility index (Phi) is 8.68. The number of fused-ring (bicyclic) bond motifs is 2. The maximum Gasteiger partial charge on any atom is 0.393 e. The highest BCUT2D eigenvalue weighted by molar-refractivity contribution is 7.18. The number of piperidine rings is 1. The van der Waals surface area contributed by atoms with Crippen LogP contribution in [0.5, 0.6) is 0 Å². The van der Waals surface area contributed by atoms with Crippen molar-refractivity contribution in [3.63, 3.8) is 0 Å². The molecule has 46 heavy (non-hydrogen) atoms. The van der Waals surface area contributed by atoms with Crippen molar-refractivity contribution < 1.29 is 17.9 Å². The molecule has 13 heteroatoms. The van der Waals surface area contributed by atoms with Crippen LogP contribution in [0, 0.1) is 17.2 Å². The number of rotatable bonds is 12. The van der Waals surface area contributed by atoms with Gasteiger partial charge in [-0.25, -0.2) is 9.97 Å². The van der Waals surface area contributed by atoms with E-state index in [9.17, 15) is 18.4 Å². The minimum absolute atomic E-state index is 0.176. The molecule has 1 N–H and O–H groups in total. The topological polar surface area (TPSA) is 96.8 Å². The number of hydrogen-bond donors (Lipinski definition) is 1. The second-order valence-electron chi connectivity index (χ2n) is 12.4. The number of aromatic nitrogens is 5. The fraction of sp³-hybridized carbons (Fsp3) is 0.455. The van der Waals surface area contributed by atoms with Crippen molar-refractivity contribution in [3.8, 4) is 6.07 Å². The second kappa shape index (κ2) is 13.0. The van der Waals surface area contributed by atoms with E-state index in [0.717, 1.165) is 72.8 Å². The third-order valence-corrected chi connectivity index (χ3v) is 9.76. The number of halogens is 3. The zero-order valence-corrected chi connectivity index (χ0v) is 26.2. The van der Waals surface area contributed by atoms with Crippen molar-refractivity contribution in [2.45, 2.75) is 64.0 Å². The standard InChI is InChI=1S/C33H35F3N8OS/c34-33(35,36)14-28-13-29-31(38-21-39-32(29)46-28)41-26-5-7-42(8-6-26)17-23-3-4-30-25(11-23)12-27(15-37)44(30)19-24-16-40-43(18-24)9-10-45-20-22-1-2-22/h3-4,11-13,16,18,21-22,26H,1-2,5-10,14,17,19-20H2,(H,38,39,41). The molecule has 0 spiro atoms. The molecule has 1 saturated carbocycles. The maximum atomic E-state index is 12.9. The number of nitriles is 1. The van der Waals surface area contributed by atoms with E-state index in [1.807, 2.05) is 27.7 Å². The van der Waals surface area contributed by atoms with Crippen molar-refractivity contribution >= 4 is 38.3 Å². The number of nitrogens with one attached hydrogen (secondary N) is 1. The van der Waals surface area contributed by atoms with Gasteiger partial charge in [0.1, 0.15) is 28.7 Å². The molecule has 5 heterocycles. The molecule has 1 aliphatic carbocycles. The van der Waals surface area contributed by atoms with E-state index in [1.165, 1.54) is 24.7 Å². The van der Waals surface area contributed by atoms with E-state index in [1.54, 1.807) is 6.07 Å². The fourth-order valence-corrected chi connectivity index (χ4v) is 7.19. The zero-order valence-electron chi connectivity index (χ0n) is 25.3. The van der Waals surface area contributed by atoms with Gasteiger partial charge in [-0.3, -0.25) is 9.58 Å². The second-order valence-corrected chi connectivity index (χ2v) is 13.5. The van der Waals surface area contributed by atoms with Gasteiger partial charge in [0.05, 0.1) is 37.7 Å². The SMILES string of the molecule is N#Cc1cc2cc(CN3CCC(Nc4ncnc5sc(CC(F)(F)F)cc45)CC3)ccc2n1Cc1cnn(CCOCC2CC2)c1. The molecule has 2 aliphatic rings. The number of benzene rings is 1. The highest BCUT2D eigenvalue weighted by Gasteiger charge is 2.29. The molecular weight excluding hydrogens is 613 g/mol. The van der Waals surface area contributed by atoms with Gasteiger partial charge in [0.25, 0.3) is 0 Å². The summed E-state index contributed by atoms with van der Waals surface area (Å²) in [6.45, 7) is 5.35. The van der Waals surface area contributed by atoms with Crippen molar-refractivity contribution in [3.05, 3.63) is 70.8 Å². The molecule has 4 aromatic heterocycles. The van der Waals surface area contributed by atoms with Crippen molar-refractivity contribution in [2.75, 3.05) is 31.6 Å². The van der Waals surface area contributed by atoms with E-state index >= 15 is 0 Å². The summed E-state index contributed by atoms with van der Waals surface area (Å²) >= 11 is 1.07. The number of hydrogen-bond acceptors (Lipinski definition) is 8. The third-order valence-electron chi connectivity index (χ3n) is 8.71. The molecule has 7 rings (SSSR count). The zero-order chi connectivity index (χ0) is 31.7. The predicted molar refractivity (Wildman–Crippen MR) is 171 cm³/mol. The van der Waals surface area contributed by atoms with Gasteiger partial charge >= 0.3 is 6.18 Å². The first kappa shape index (κ1) is 30.7. The summed E-state index contributed by atoms with van der Waals surface area (Å²) in [6, 6.07) is 12.5. The van der Waals surface area contributed by atoms with E-state index in [-0.39, 0.29) is 10.9 Å². The highest BCUT2D eigenvalue weighted by atomic mass is 32.1. The lowest BCUT2D eigenvalue weighted by atomic mass is 10.0. The van der Waals surface area contributed by atoms with E-state index < -0.39 is 12.6 Å². The number of likely N-dealkylation sites (tertiary alicyclic amines) is 1. The molecular formula is C33H35F3N8OS. The molecule has 0 unspecified atom stereocenters. The van der Waals surface area contributed by atoms with Gasteiger partial charge in [-0.05, 0) is 61.4 Å². The smallest absolute Gasteiger partial charge is 0.379 e. The number of nitrogens with zero attached hydrogens (tertiary/aromatic N) is 7. The maximum absolute atomic E-state index is 12.9. The Labute approximate surface area is 268 Å². The normalized spacial score (nSPS) is 16.4. The predicted octanol–water partition coefficient (Wildman–Crippen LogP) is 6.37. The van der Waals surface area contributed by atoms with E-state index in [4.69, 9.17) is 4.74 Å². The first-order valence-corrected chi connectivity index (χ1v) is 16.5. The first-order chi connectivity index (χ1) is 22.3. The van der Waals surface area contributed by atoms with E-state index in [2.05, 4.69) is 49.6 Å². The van der Waals surface area contributed by atoms with Crippen LogP contribution in [-0.2, 0) is 30.8 Å². The lowest BCUT2D eigenvalue weighted by Crippen LogP contribution is -2.38. The van der Waals surface area contributed by atoms with Crippen LogP contribution in [0.4, 0.5) is 19.0 Å². The molecule has 0 atom stereocenters. The quantitative estimate of drug-likeness (QED) is 0.157. The van der Waals surface area contributed by atoms with Crippen LogP contribution < -0.4 is 5.32 Å². The van der Waals surface area contributed by atoms with Crippen LogP contribution in [-0.4, -0.2) is 67.7 Å². The molecule has 240 valence electrons. The van der Waals surface area contributed by atoms with Crippen LogP contribution in [0.15, 0.2) is 49.1 Å². The minimum atomic E-state index is -4.25. The van der Waals surface area contributed by atoms with Gasteiger partial charge in [0.15, 0.2) is 0 Å². The molecule has 1 aromatic carbocycles. The minimum Gasteiger partial charge on any atom is -0.379 e. The molecule has 1 saturated heterocycles. The Balaban J connectivity index is 0.947. The lowest BCUT2D eigenvalue weighted by Gasteiger charge is -2.32. The van der Waals surface area contributed by atoms with Gasteiger partial charge in [-0.1, -0.05) is 6.07 Å². The molecule has 0 amide bonds. The van der Waals surface area contributed by atoms with Crippen LogP contribution in [0.25, 0.3) is 21.1 Å². The Hall–Kier alpha value is -3.99. The van der Waals surface area contributed by atoms with E-state index in [0.29, 0.717) is 41.4 Å². The Bertz CT molecular complexity index is 1860. The molecule has 1 aliphatic heterocycles. The summed E-state index contributed by atoms with van der Waals surface area (Å²) in [5, 5.41) is 19.5. The Morgan fingerprint density at radius 3 is 2.67 bits per heavy atom. The Morgan fingerprint density at radius 1 is 1.04 bits per heavy atom. The van der Waals surface area contributed by atoms with Crippen LogP contribution in [0.2, 0.25) is 0 Å². The van der Waals surface area contributed by atoms with Crippen LogP contribution in [0.3, 0.4) is 0 Å². The third kappa shape index (κ3) is 7.35.